The molecular weight excluding hydrogens is 272 g/mol. The maximum atomic E-state index is 11.1. The summed E-state index contributed by atoms with van der Waals surface area (Å²) in [5.74, 6) is -0.126. The van der Waals surface area contributed by atoms with Gasteiger partial charge in [-0.2, -0.15) is 0 Å². The van der Waals surface area contributed by atoms with Crippen LogP contribution in [0.25, 0.3) is 0 Å². The van der Waals surface area contributed by atoms with E-state index in [2.05, 4.69) is 6.92 Å². The number of rotatable bonds is 15. The normalized spacial score (nSPS) is 15.2. The summed E-state index contributed by atoms with van der Waals surface area (Å²) in [6, 6.07) is 0. The minimum Gasteiger partial charge on any atom is -0.478 e. The molecule has 0 aromatic rings. The number of hydrogen-bond donors (Lipinski definition) is 1. The molecule has 1 rings (SSSR count). The molecule has 1 aliphatic carbocycles. The number of carboxylic acids is 1. The lowest BCUT2D eigenvalue weighted by molar-refractivity contribution is -0.132. The van der Waals surface area contributed by atoms with Crippen molar-refractivity contribution in [1.29, 1.82) is 0 Å². The Bertz CT molecular complexity index is 316. The van der Waals surface area contributed by atoms with E-state index in [9.17, 15) is 4.79 Å². The van der Waals surface area contributed by atoms with Crippen LogP contribution in [0.15, 0.2) is 11.6 Å². The van der Waals surface area contributed by atoms with Crippen LogP contribution in [-0.4, -0.2) is 11.1 Å². The molecule has 0 heterocycles. The summed E-state index contributed by atoms with van der Waals surface area (Å²) in [5.41, 5.74) is 0.662. The highest BCUT2D eigenvalue weighted by Crippen LogP contribution is 2.32. The van der Waals surface area contributed by atoms with Gasteiger partial charge in [0.25, 0.3) is 0 Å². The molecule has 2 heteroatoms. The molecule has 0 saturated heterocycles. The van der Waals surface area contributed by atoms with Gasteiger partial charge >= 0.3 is 5.97 Å². The Kier molecular flexibility index (Phi) is 11.1. The highest BCUT2D eigenvalue weighted by molar-refractivity contribution is 5.86. The summed E-state index contributed by atoms with van der Waals surface area (Å²) in [6.07, 6.45) is 21.1. The molecule has 2 nitrogen and oxygen atoms in total. The van der Waals surface area contributed by atoms with Crippen molar-refractivity contribution < 1.29 is 9.90 Å². The lowest BCUT2D eigenvalue weighted by atomic mass is 10.0. The second-order valence-electron chi connectivity index (χ2n) is 6.97. The van der Waals surface area contributed by atoms with E-state index in [1.807, 2.05) is 6.08 Å². The van der Waals surface area contributed by atoms with Crippen molar-refractivity contribution in [3.8, 4) is 0 Å². The first-order chi connectivity index (χ1) is 10.7. The van der Waals surface area contributed by atoms with Crippen LogP contribution in [0.5, 0.6) is 0 Å². The van der Waals surface area contributed by atoms with Crippen LogP contribution in [0, 0.1) is 5.92 Å². The third-order valence-electron chi connectivity index (χ3n) is 4.63. The van der Waals surface area contributed by atoms with Gasteiger partial charge in [0.2, 0.25) is 0 Å². The largest absolute Gasteiger partial charge is 0.478 e. The molecule has 22 heavy (non-hydrogen) atoms. The highest BCUT2D eigenvalue weighted by atomic mass is 16.4. The smallest absolute Gasteiger partial charge is 0.331 e. The summed E-state index contributed by atoms with van der Waals surface area (Å²) in [4.78, 5) is 11.1. The van der Waals surface area contributed by atoms with Crippen LogP contribution < -0.4 is 0 Å². The second-order valence-corrected chi connectivity index (χ2v) is 6.97. The van der Waals surface area contributed by atoms with E-state index >= 15 is 0 Å². The quantitative estimate of drug-likeness (QED) is 0.277. The van der Waals surface area contributed by atoms with Crippen molar-refractivity contribution in [3.63, 3.8) is 0 Å². The van der Waals surface area contributed by atoms with Gasteiger partial charge in [-0.1, -0.05) is 83.6 Å². The molecule has 0 aliphatic heterocycles. The Hall–Kier alpha value is -0.790. The third kappa shape index (κ3) is 10.9. The standard InChI is InChI=1S/C20H36O2/c1-2-3-4-5-6-7-8-9-10-11-12-13-14-19(20(21)22)17-18-15-16-18/h17-18H,2-16H2,1H3,(H,21,22). The molecule has 1 aliphatic rings. The van der Waals surface area contributed by atoms with E-state index < -0.39 is 5.97 Å². The van der Waals surface area contributed by atoms with Gasteiger partial charge in [-0.05, 0) is 31.6 Å². The predicted octanol–water partition coefficient (Wildman–Crippen LogP) is 6.50. The minimum absolute atomic E-state index is 0.573. The van der Waals surface area contributed by atoms with Crippen LogP contribution in [0.4, 0.5) is 0 Å². The van der Waals surface area contributed by atoms with Crippen molar-refractivity contribution in [2.45, 2.75) is 103 Å². The average Bonchev–Trinajstić information content (AvgIpc) is 3.31. The number of allylic oxidation sites excluding steroid dienone is 1. The third-order valence-corrected chi connectivity index (χ3v) is 4.63. The SMILES string of the molecule is CCCCCCCCCCCCCCC(=CC1CC1)C(=O)O. The zero-order valence-corrected chi connectivity index (χ0v) is 14.6. The molecule has 0 atom stereocenters. The number of hydrogen-bond acceptors (Lipinski definition) is 1. The van der Waals surface area contributed by atoms with E-state index in [0.717, 1.165) is 12.8 Å². The zero-order chi connectivity index (χ0) is 16.0. The molecule has 0 unspecified atom stereocenters. The van der Waals surface area contributed by atoms with Gasteiger partial charge in [0.15, 0.2) is 0 Å². The molecule has 0 amide bonds. The van der Waals surface area contributed by atoms with Crippen LogP contribution in [0.1, 0.15) is 103 Å². The fourth-order valence-electron chi connectivity index (χ4n) is 2.97. The first-order valence-electron chi connectivity index (χ1n) is 9.68. The van der Waals surface area contributed by atoms with Crippen LogP contribution >= 0.6 is 0 Å². The first-order valence-corrected chi connectivity index (χ1v) is 9.68. The van der Waals surface area contributed by atoms with Crippen LogP contribution in [0.3, 0.4) is 0 Å². The molecule has 0 radical (unpaired) electrons. The van der Waals surface area contributed by atoms with E-state index in [4.69, 9.17) is 5.11 Å². The highest BCUT2D eigenvalue weighted by Gasteiger charge is 2.21. The number of carboxylic acid groups (broad SMARTS) is 1. The maximum absolute atomic E-state index is 11.1. The van der Waals surface area contributed by atoms with Gasteiger partial charge in [-0.25, -0.2) is 4.79 Å². The summed E-state index contributed by atoms with van der Waals surface area (Å²) >= 11 is 0. The summed E-state index contributed by atoms with van der Waals surface area (Å²) < 4.78 is 0. The fourth-order valence-corrected chi connectivity index (χ4v) is 2.97. The predicted molar refractivity (Wildman–Crippen MR) is 94.1 cm³/mol. The molecule has 1 N–H and O–H groups in total. The van der Waals surface area contributed by atoms with Gasteiger partial charge in [-0.3, -0.25) is 0 Å². The Morgan fingerprint density at radius 3 is 1.73 bits per heavy atom. The molecular formula is C20H36O2. The summed E-state index contributed by atoms with van der Waals surface area (Å²) in [5, 5.41) is 9.16. The molecule has 0 aromatic carbocycles. The van der Waals surface area contributed by atoms with Crippen molar-refractivity contribution in [2.24, 2.45) is 5.92 Å². The Labute approximate surface area is 137 Å². The van der Waals surface area contributed by atoms with Gasteiger partial charge < -0.3 is 5.11 Å². The Morgan fingerprint density at radius 1 is 0.864 bits per heavy atom. The molecule has 1 saturated carbocycles. The molecule has 0 bridgehead atoms. The average molecular weight is 309 g/mol. The molecule has 0 spiro atoms. The summed E-state index contributed by atoms with van der Waals surface area (Å²) in [7, 11) is 0. The van der Waals surface area contributed by atoms with Crippen molar-refractivity contribution >= 4 is 5.97 Å². The Balaban J connectivity index is 1.85. The van der Waals surface area contributed by atoms with E-state index in [-0.39, 0.29) is 0 Å². The number of unbranched alkanes of at least 4 members (excludes halogenated alkanes) is 11. The molecule has 0 aromatic heterocycles. The van der Waals surface area contributed by atoms with E-state index in [1.165, 1.54) is 83.5 Å². The molecule has 128 valence electrons. The monoisotopic (exact) mass is 308 g/mol. The summed E-state index contributed by atoms with van der Waals surface area (Å²) in [6.45, 7) is 2.27. The van der Waals surface area contributed by atoms with Crippen molar-refractivity contribution in [1.82, 2.24) is 0 Å². The van der Waals surface area contributed by atoms with Gasteiger partial charge in [-0.15, -0.1) is 0 Å². The fraction of sp³-hybridized carbons (Fsp3) is 0.850. The van der Waals surface area contributed by atoms with E-state index in [0.29, 0.717) is 11.5 Å². The molecule has 1 fully saturated rings. The van der Waals surface area contributed by atoms with Crippen LogP contribution in [-0.2, 0) is 4.79 Å². The van der Waals surface area contributed by atoms with Crippen molar-refractivity contribution in [2.75, 3.05) is 0 Å². The lowest BCUT2D eigenvalue weighted by Crippen LogP contribution is -2.01. The lowest BCUT2D eigenvalue weighted by Gasteiger charge is -2.04. The topological polar surface area (TPSA) is 37.3 Å². The van der Waals surface area contributed by atoms with E-state index in [1.54, 1.807) is 0 Å². The second kappa shape index (κ2) is 12.7. The Morgan fingerprint density at radius 2 is 1.32 bits per heavy atom. The maximum Gasteiger partial charge on any atom is 0.331 e. The number of aliphatic carboxylic acids is 1. The first kappa shape index (κ1) is 19.3. The van der Waals surface area contributed by atoms with Crippen LogP contribution in [0.2, 0.25) is 0 Å². The van der Waals surface area contributed by atoms with Gasteiger partial charge in [0.05, 0.1) is 0 Å². The zero-order valence-electron chi connectivity index (χ0n) is 14.6. The minimum atomic E-state index is -0.699. The van der Waals surface area contributed by atoms with Gasteiger partial charge in [0, 0.05) is 5.57 Å². The number of carbonyl (C=O) groups is 1. The van der Waals surface area contributed by atoms with Crippen molar-refractivity contribution in [3.05, 3.63) is 11.6 Å². The van der Waals surface area contributed by atoms with Gasteiger partial charge in [0.1, 0.15) is 0 Å².